The number of ether oxygens (including phenoxy) is 1. The van der Waals surface area contributed by atoms with E-state index in [1.807, 2.05) is 0 Å². The lowest BCUT2D eigenvalue weighted by molar-refractivity contribution is 0.0523. The molecule has 0 bridgehead atoms. The van der Waals surface area contributed by atoms with Gasteiger partial charge in [-0.05, 0) is 19.1 Å². The van der Waals surface area contributed by atoms with Crippen LogP contribution in [0.5, 0.6) is 0 Å². The highest BCUT2D eigenvalue weighted by molar-refractivity contribution is 6.04. The summed E-state index contributed by atoms with van der Waals surface area (Å²) in [5.41, 5.74) is 5.50. The first-order valence-electron chi connectivity index (χ1n) is 4.22. The third kappa shape index (κ3) is 2.10. The van der Waals surface area contributed by atoms with Crippen LogP contribution in [-0.4, -0.2) is 18.5 Å². The Morgan fingerprint density at radius 2 is 1.86 bits per heavy atom. The molecular formula is C10H11NO3. The Morgan fingerprint density at radius 3 is 2.36 bits per heavy atom. The van der Waals surface area contributed by atoms with Gasteiger partial charge in [-0.15, -0.1) is 0 Å². The van der Waals surface area contributed by atoms with Gasteiger partial charge in [0.25, 0.3) is 0 Å². The number of amides is 1. The molecular weight excluding hydrogens is 182 g/mol. The topological polar surface area (TPSA) is 69.4 Å². The number of carbonyl (C=O) groups excluding carboxylic acids is 2. The lowest BCUT2D eigenvalue weighted by Crippen LogP contribution is -2.17. The molecule has 4 nitrogen and oxygen atoms in total. The average Bonchev–Trinajstić information content (AvgIpc) is 2.18. The summed E-state index contributed by atoms with van der Waals surface area (Å²) in [6, 6.07) is 6.30. The molecule has 0 saturated heterocycles. The highest BCUT2D eigenvalue weighted by atomic mass is 16.5. The van der Waals surface area contributed by atoms with E-state index >= 15 is 0 Å². The first kappa shape index (κ1) is 10.2. The Morgan fingerprint density at radius 1 is 1.29 bits per heavy atom. The quantitative estimate of drug-likeness (QED) is 0.727. The van der Waals surface area contributed by atoms with E-state index < -0.39 is 11.9 Å². The normalized spacial score (nSPS) is 9.50. The van der Waals surface area contributed by atoms with E-state index in [2.05, 4.69) is 0 Å². The van der Waals surface area contributed by atoms with Gasteiger partial charge in [-0.3, -0.25) is 4.79 Å². The molecule has 0 radical (unpaired) electrons. The molecule has 0 heterocycles. The Bertz CT molecular complexity index is 360. The predicted octanol–water partition coefficient (Wildman–Crippen LogP) is 0.962. The molecule has 2 N–H and O–H groups in total. The zero-order chi connectivity index (χ0) is 10.6. The van der Waals surface area contributed by atoms with Gasteiger partial charge < -0.3 is 10.5 Å². The maximum atomic E-state index is 11.3. The maximum Gasteiger partial charge on any atom is 0.338 e. The SMILES string of the molecule is CCOC(=O)c1ccccc1C(N)=O. The van der Waals surface area contributed by atoms with Crippen LogP contribution >= 0.6 is 0 Å². The van der Waals surface area contributed by atoms with Gasteiger partial charge in [-0.2, -0.15) is 0 Å². The summed E-state index contributed by atoms with van der Waals surface area (Å²) in [6.07, 6.45) is 0. The molecule has 0 saturated carbocycles. The standard InChI is InChI=1S/C10H11NO3/c1-2-14-10(13)8-6-4-3-5-7(8)9(11)12/h3-6H,2H2,1H3,(H2,11,12). The van der Waals surface area contributed by atoms with E-state index in [9.17, 15) is 9.59 Å². The van der Waals surface area contributed by atoms with Gasteiger partial charge in [0.15, 0.2) is 0 Å². The van der Waals surface area contributed by atoms with Gasteiger partial charge in [-0.25, -0.2) is 4.79 Å². The van der Waals surface area contributed by atoms with Crippen molar-refractivity contribution in [3.63, 3.8) is 0 Å². The van der Waals surface area contributed by atoms with E-state index in [4.69, 9.17) is 10.5 Å². The predicted molar refractivity (Wildman–Crippen MR) is 50.9 cm³/mol. The summed E-state index contributed by atoms with van der Waals surface area (Å²) in [7, 11) is 0. The molecule has 0 aliphatic heterocycles. The van der Waals surface area contributed by atoms with Crippen LogP contribution in [0.4, 0.5) is 0 Å². The zero-order valence-corrected chi connectivity index (χ0v) is 7.82. The summed E-state index contributed by atoms with van der Waals surface area (Å²) in [6.45, 7) is 1.97. The summed E-state index contributed by atoms with van der Waals surface area (Å²) in [4.78, 5) is 22.3. The molecule has 0 unspecified atom stereocenters. The van der Waals surface area contributed by atoms with Gasteiger partial charge in [0, 0.05) is 0 Å². The van der Waals surface area contributed by atoms with Crippen molar-refractivity contribution in [2.24, 2.45) is 5.73 Å². The highest BCUT2D eigenvalue weighted by Crippen LogP contribution is 2.09. The smallest absolute Gasteiger partial charge is 0.338 e. The molecule has 0 aliphatic rings. The van der Waals surface area contributed by atoms with Gasteiger partial charge in [-0.1, -0.05) is 12.1 Å². The van der Waals surface area contributed by atoms with Crippen LogP contribution in [0.2, 0.25) is 0 Å². The minimum absolute atomic E-state index is 0.186. The Hall–Kier alpha value is -1.84. The fourth-order valence-corrected chi connectivity index (χ4v) is 1.08. The highest BCUT2D eigenvalue weighted by Gasteiger charge is 2.14. The summed E-state index contributed by atoms with van der Waals surface area (Å²) >= 11 is 0. The first-order chi connectivity index (χ1) is 6.66. The van der Waals surface area contributed by atoms with Crippen LogP contribution in [0.1, 0.15) is 27.6 Å². The number of hydrogen-bond acceptors (Lipinski definition) is 3. The van der Waals surface area contributed by atoms with Crippen LogP contribution < -0.4 is 5.73 Å². The third-order valence-corrected chi connectivity index (χ3v) is 1.69. The summed E-state index contributed by atoms with van der Waals surface area (Å²) in [5, 5.41) is 0. The molecule has 0 aromatic heterocycles. The maximum absolute atomic E-state index is 11.3. The van der Waals surface area contributed by atoms with Crippen LogP contribution in [0.3, 0.4) is 0 Å². The van der Waals surface area contributed by atoms with E-state index in [0.29, 0.717) is 0 Å². The van der Waals surface area contributed by atoms with Crippen molar-refractivity contribution in [3.8, 4) is 0 Å². The Kier molecular flexibility index (Phi) is 3.23. The molecule has 1 aromatic rings. The molecule has 1 amide bonds. The second kappa shape index (κ2) is 4.41. The van der Waals surface area contributed by atoms with Gasteiger partial charge in [0.2, 0.25) is 5.91 Å². The molecule has 0 atom stereocenters. The fourth-order valence-electron chi connectivity index (χ4n) is 1.08. The molecule has 1 aromatic carbocycles. The lowest BCUT2D eigenvalue weighted by Gasteiger charge is -2.04. The zero-order valence-electron chi connectivity index (χ0n) is 7.82. The van der Waals surface area contributed by atoms with E-state index in [1.54, 1.807) is 19.1 Å². The summed E-state index contributed by atoms with van der Waals surface area (Å²) < 4.78 is 4.77. The molecule has 0 spiro atoms. The fraction of sp³-hybridized carbons (Fsp3) is 0.200. The number of hydrogen-bond donors (Lipinski definition) is 1. The summed E-state index contributed by atoms with van der Waals surface area (Å²) in [5.74, 6) is -1.16. The minimum Gasteiger partial charge on any atom is -0.462 e. The van der Waals surface area contributed by atoms with E-state index in [1.165, 1.54) is 12.1 Å². The van der Waals surface area contributed by atoms with Crippen molar-refractivity contribution in [2.45, 2.75) is 6.92 Å². The Labute approximate surface area is 81.7 Å². The number of benzene rings is 1. The largest absolute Gasteiger partial charge is 0.462 e. The van der Waals surface area contributed by atoms with Gasteiger partial charge in [0.05, 0.1) is 17.7 Å². The number of esters is 1. The monoisotopic (exact) mass is 193 g/mol. The van der Waals surface area contributed by atoms with E-state index in [0.717, 1.165) is 0 Å². The van der Waals surface area contributed by atoms with Crippen molar-refractivity contribution in [2.75, 3.05) is 6.61 Å². The van der Waals surface area contributed by atoms with Crippen molar-refractivity contribution >= 4 is 11.9 Å². The lowest BCUT2D eigenvalue weighted by atomic mass is 10.1. The number of nitrogens with two attached hydrogens (primary N) is 1. The van der Waals surface area contributed by atoms with Crippen molar-refractivity contribution < 1.29 is 14.3 Å². The second-order valence-corrected chi connectivity index (χ2v) is 2.63. The van der Waals surface area contributed by atoms with Crippen LogP contribution in [0, 0.1) is 0 Å². The molecule has 0 fully saturated rings. The van der Waals surface area contributed by atoms with Crippen molar-refractivity contribution in [1.29, 1.82) is 0 Å². The van der Waals surface area contributed by atoms with Gasteiger partial charge in [0.1, 0.15) is 0 Å². The number of primary amides is 1. The number of rotatable bonds is 3. The van der Waals surface area contributed by atoms with E-state index in [-0.39, 0.29) is 17.7 Å². The third-order valence-electron chi connectivity index (χ3n) is 1.69. The van der Waals surface area contributed by atoms with Crippen LogP contribution in [0.25, 0.3) is 0 Å². The number of carbonyl (C=O) groups is 2. The van der Waals surface area contributed by atoms with Crippen LogP contribution in [-0.2, 0) is 4.74 Å². The van der Waals surface area contributed by atoms with Gasteiger partial charge >= 0.3 is 5.97 Å². The first-order valence-corrected chi connectivity index (χ1v) is 4.22. The van der Waals surface area contributed by atoms with Crippen LogP contribution in [0.15, 0.2) is 24.3 Å². The molecule has 4 heteroatoms. The molecule has 0 aliphatic carbocycles. The second-order valence-electron chi connectivity index (χ2n) is 2.63. The molecule has 74 valence electrons. The molecule has 14 heavy (non-hydrogen) atoms. The average molecular weight is 193 g/mol. The molecule has 1 rings (SSSR count). The van der Waals surface area contributed by atoms with Crippen molar-refractivity contribution in [1.82, 2.24) is 0 Å². The van der Waals surface area contributed by atoms with Crippen molar-refractivity contribution in [3.05, 3.63) is 35.4 Å². The Balaban J connectivity index is 3.07. The minimum atomic E-state index is -0.631.